The third-order valence-electron chi connectivity index (χ3n) is 5.02. The minimum atomic E-state index is -0.929. The number of imide groups is 1. The summed E-state index contributed by atoms with van der Waals surface area (Å²) in [6.45, 7) is 0.00252. The molecule has 2 aliphatic rings. The molecule has 1 N–H and O–H groups in total. The Bertz CT molecular complexity index is 1050. The average molecular weight is 392 g/mol. The van der Waals surface area contributed by atoms with Crippen molar-refractivity contribution in [2.45, 2.75) is 31.8 Å². The molecule has 2 heterocycles. The van der Waals surface area contributed by atoms with Crippen LogP contribution in [0.3, 0.4) is 0 Å². The van der Waals surface area contributed by atoms with Crippen molar-refractivity contribution in [2.75, 3.05) is 0 Å². The third kappa shape index (κ3) is 3.31. The molecule has 1 unspecified atom stereocenters. The standard InChI is InChI=1S/C20H16N4O5/c25-12-4-5-15(16(26)8-12)24-19(28)13-3-1-2-11(17(13)20(24)29)9-23-18(27)14-10-21-6-7-22-14/h1-3,6-7,10,15H,4-5,8-9H2,(H,23,27). The zero-order valence-electron chi connectivity index (χ0n) is 15.3. The van der Waals surface area contributed by atoms with Gasteiger partial charge in [-0.25, -0.2) is 4.98 Å². The summed E-state index contributed by atoms with van der Waals surface area (Å²) in [6.07, 6.45) is 4.18. The van der Waals surface area contributed by atoms with Gasteiger partial charge in [-0.15, -0.1) is 0 Å². The Kier molecular flexibility index (Phi) is 4.71. The third-order valence-corrected chi connectivity index (χ3v) is 5.02. The maximum Gasteiger partial charge on any atom is 0.271 e. The lowest BCUT2D eigenvalue weighted by Crippen LogP contribution is -2.47. The van der Waals surface area contributed by atoms with E-state index in [2.05, 4.69) is 15.3 Å². The molecule has 29 heavy (non-hydrogen) atoms. The first-order chi connectivity index (χ1) is 14.0. The van der Waals surface area contributed by atoms with E-state index < -0.39 is 29.5 Å². The average Bonchev–Trinajstić information content (AvgIpc) is 2.98. The molecule has 1 aliphatic carbocycles. The number of fused-ring (bicyclic) bond motifs is 1. The summed E-state index contributed by atoms with van der Waals surface area (Å²) in [5.74, 6) is -2.21. The molecule has 4 rings (SSSR count). The monoisotopic (exact) mass is 392 g/mol. The van der Waals surface area contributed by atoms with Crippen LogP contribution in [0.2, 0.25) is 0 Å². The predicted molar refractivity (Wildman–Crippen MR) is 97.8 cm³/mol. The maximum absolute atomic E-state index is 13.0. The molecule has 1 aromatic heterocycles. The van der Waals surface area contributed by atoms with E-state index in [1.165, 1.54) is 24.7 Å². The number of rotatable bonds is 4. The number of carbonyl (C=O) groups excluding carboxylic acids is 5. The lowest BCUT2D eigenvalue weighted by Gasteiger charge is -2.27. The zero-order valence-corrected chi connectivity index (χ0v) is 15.3. The van der Waals surface area contributed by atoms with Crippen LogP contribution >= 0.6 is 0 Å². The van der Waals surface area contributed by atoms with E-state index in [9.17, 15) is 24.0 Å². The van der Waals surface area contributed by atoms with Gasteiger partial charge in [-0.05, 0) is 18.1 Å². The number of benzene rings is 1. The Morgan fingerprint density at radius 2 is 1.97 bits per heavy atom. The number of amides is 3. The van der Waals surface area contributed by atoms with Crippen LogP contribution in [0.15, 0.2) is 36.8 Å². The second-order valence-corrected chi connectivity index (χ2v) is 6.83. The van der Waals surface area contributed by atoms with Crippen molar-refractivity contribution in [2.24, 2.45) is 0 Å². The normalized spacial score (nSPS) is 18.8. The van der Waals surface area contributed by atoms with Gasteiger partial charge in [-0.2, -0.15) is 0 Å². The lowest BCUT2D eigenvalue weighted by molar-refractivity contribution is -0.132. The van der Waals surface area contributed by atoms with Gasteiger partial charge in [0.15, 0.2) is 5.78 Å². The first-order valence-corrected chi connectivity index (χ1v) is 9.05. The summed E-state index contributed by atoms with van der Waals surface area (Å²) in [4.78, 5) is 70.4. The smallest absolute Gasteiger partial charge is 0.271 e. The summed E-state index contributed by atoms with van der Waals surface area (Å²) in [7, 11) is 0. The van der Waals surface area contributed by atoms with E-state index in [0.29, 0.717) is 5.56 Å². The second kappa shape index (κ2) is 7.34. The molecule has 1 fully saturated rings. The molecule has 2 aromatic rings. The fraction of sp³-hybridized carbons (Fsp3) is 0.250. The van der Waals surface area contributed by atoms with Crippen molar-refractivity contribution in [1.82, 2.24) is 20.2 Å². The minimum absolute atomic E-state index is 0.00252. The highest BCUT2D eigenvalue weighted by atomic mass is 16.2. The van der Waals surface area contributed by atoms with E-state index in [1.54, 1.807) is 12.1 Å². The highest BCUT2D eigenvalue weighted by Crippen LogP contribution is 2.31. The molecule has 0 radical (unpaired) electrons. The Labute approximate surface area is 165 Å². The molecule has 1 saturated carbocycles. The largest absolute Gasteiger partial charge is 0.347 e. The molecule has 3 amide bonds. The fourth-order valence-corrected chi connectivity index (χ4v) is 3.62. The molecule has 146 valence electrons. The topological polar surface area (TPSA) is 126 Å². The van der Waals surface area contributed by atoms with Gasteiger partial charge in [0.05, 0.1) is 29.8 Å². The summed E-state index contributed by atoms with van der Waals surface area (Å²) in [6, 6.07) is 3.84. The fourth-order valence-electron chi connectivity index (χ4n) is 3.62. The SMILES string of the molecule is O=C1CCC(N2C(=O)c3cccc(CNC(=O)c4cnccn4)c3C2=O)C(=O)C1. The Morgan fingerprint density at radius 3 is 2.69 bits per heavy atom. The number of hydrogen-bond donors (Lipinski definition) is 1. The number of ketones is 2. The quantitative estimate of drug-likeness (QED) is 0.599. The van der Waals surface area contributed by atoms with Crippen molar-refractivity contribution in [3.63, 3.8) is 0 Å². The first-order valence-electron chi connectivity index (χ1n) is 9.05. The maximum atomic E-state index is 13.0. The van der Waals surface area contributed by atoms with E-state index in [0.717, 1.165) is 4.90 Å². The van der Waals surface area contributed by atoms with Gasteiger partial charge in [0.1, 0.15) is 11.5 Å². The summed E-state index contributed by atoms with van der Waals surface area (Å²) >= 11 is 0. The molecule has 1 atom stereocenters. The zero-order chi connectivity index (χ0) is 20.5. The van der Waals surface area contributed by atoms with Crippen molar-refractivity contribution in [3.05, 3.63) is 59.2 Å². The molecular formula is C20H16N4O5. The first kappa shape index (κ1) is 18.6. The second-order valence-electron chi connectivity index (χ2n) is 6.83. The van der Waals surface area contributed by atoms with Gasteiger partial charge in [0.2, 0.25) is 0 Å². The number of Topliss-reactive ketones (excluding diaryl/α,β-unsaturated/α-hetero) is 2. The van der Waals surface area contributed by atoms with E-state index in [1.807, 2.05) is 0 Å². The molecule has 0 spiro atoms. The Balaban J connectivity index is 1.57. The minimum Gasteiger partial charge on any atom is -0.347 e. The van der Waals surface area contributed by atoms with E-state index in [4.69, 9.17) is 0 Å². The highest BCUT2D eigenvalue weighted by Gasteiger charge is 2.45. The van der Waals surface area contributed by atoms with Gasteiger partial charge in [-0.1, -0.05) is 12.1 Å². The van der Waals surface area contributed by atoms with Crippen molar-refractivity contribution in [1.29, 1.82) is 0 Å². The number of carbonyl (C=O) groups is 5. The Morgan fingerprint density at radius 1 is 1.14 bits per heavy atom. The van der Waals surface area contributed by atoms with Crippen molar-refractivity contribution >= 4 is 29.3 Å². The van der Waals surface area contributed by atoms with Gasteiger partial charge in [0.25, 0.3) is 17.7 Å². The predicted octanol–water partition coefficient (Wildman–Crippen LogP) is 0.693. The number of hydrogen-bond acceptors (Lipinski definition) is 7. The molecule has 0 bridgehead atoms. The lowest BCUT2D eigenvalue weighted by atomic mass is 9.92. The summed E-state index contributed by atoms with van der Waals surface area (Å²) < 4.78 is 0. The van der Waals surface area contributed by atoms with Crippen LogP contribution < -0.4 is 5.32 Å². The molecule has 1 aromatic carbocycles. The van der Waals surface area contributed by atoms with Gasteiger partial charge >= 0.3 is 0 Å². The number of aromatic nitrogens is 2. The van der Waals surface area contributed by atoms with Crippen LogP contribution in [0, 0.1) is 0 Å². The number of nitrogens with zero attached hydrogens (tertiary/aromatic N) is 3. The van der Waals surface area contributed by atoms with Crippen LogP contribution in [0.25, 0.3) is 0 Å². The number of nitrogens with one attached hydrogen (secondary N) is 1. The van der Waals surface area contributed by atoms with E-state index >= 15 is 0 Å². The van der Waals surface area contributed by atoms with Crippen LogP contribution in [-0.2, 0) is 16.1 Å². The van der Waals surface area contributed by atoms with Crippen LogP contribution in [0.5, 0.6) is 0 Å². The highest BCUT2D eigenvalue weighted by molar-refractivity contribution is 6.24. The van der Waals surface area contributed by atoms with Crippen molar-refractivity contribution < 1.29 is 24.0 Å². The molecule has 9 heteroatoms. The Hall–Kier alpha value is -3.75. The summed E-state index contributed by atoms with van der Waals surface area (Å²) in [5.41, 5.74) is 0.939. The van der Waals surface area contributed by atoms with Crippen LogP contribution in [-0.4, -0.2) is 50.2 Å². The molecule has 0 saturated heterocycles. The van der Waals surface area contributed by atoms with Crippen LogP contribution in [0.1, 0.15) is 56.0 Å². The van der Waals surface area contributed by atoms with Crippen molar-refractivity contribution in [3.8, 4) is 0 Å². The summed E-state index contributed by atoms with van der Waals surface area (Å²) in [5, 5.41) is 2.65. The molecule has 9 nitrogen and oxygen atoms in total. The molecule has 1 aliphatic heterocycles. The van der Waals surface area contributed by atoms with Crippen LogP contribution in [0.4, 0.5) is 0 Å². The van der Waals surface area contributed by atoms with Gasteiger partial charge < -0.3 is 5.32 Å². The van der Waals surface area contributed by atoms with E-state index in [-0.39, 0.29) is 48.4 Å². The van der Waals surface area contributed by atoms with Gasteiger partial charge in [0, 0.05) is 25.4 Å². The molecular weight excluding hydrogens is 376 g/mol. The van der Waals surface area contributed by atoms with Gasteiger partial charge in [-0.3, -0.25) is 33.9 Å².